The molecule has 0 radical (unpaired) electrons. The van der Waals surface area contributed by atoms with Crippen molar-refractivity contribution < 1.29 is 14.3 Å². The number of ether oxygens (including phenoxy) is 2. The molecule has 0 aliphatic carbocycles. The summed E-state index contributed by atoms with van der Waals surface area (Å²) in [4.78, 5) is 12.3. The molecule has 5 heteroatoms. The Bertz CT molecular complexity index is 442. The van der Waals surface area contributed by atoms with E-state index in [2.05, 4.69) is 5.32 Å². The molecule has 0 aromatic heterocycles. The summed E-state index contributed by atoms with van der Waals surface area (Å²) in [6.07, 6.45) is 0.758. The van der Waals surface area contributed by atoms with Gasteiger partial charge in [-0.1, -0.05) is 6.92 Å². The Morgan fingerprint density at radius 3 is 2.53 bits per heavy atom. The van der Waals surface area contributed by atoms with E-state index in [0.717, 1.165) is 6.42 Å². The van der Waals surface area contributed by atoms with Crippen molar-refractivity contribution in [3.8, 4) is 11.5 Å². The average Bonchev–Trinajstić information content (AvgIpc) is 2.46. The Labute approximate surface area is 114 Å². The summed E-state index contributed by atoms with van der Waals surface area (Å²) in [5, 5.41) is 2.94. The molecule has 106 valence electrons. The molecule has 0 spiro atoms. The molecule has 0 saturated carbocycles. The van der Waals surface area contributed by atoms with Crippen LogP contribution in [0.3, 0.4) is 0 Å². The van der Waals surface area contributed by atoms with Crippen LogP contribution in [0.5, 0.6) is 11.5 Å². The number of carbonyl (C=O) groups is 1. The summed E-state index contributed by atoms with van der Waals surface area (Å²) < 4.78 is 10.3. The molecule has 19 heavy (non-hydrogen) atoms. The normalized spacial score (nSPS) is 13.5. The fourth-order valence-corrected chi connectivity index (χ4v) is 1.61. The molecule has 0 aliphatic rings. The van der Waals surface area contributed by atoms with E-state index in [-0.39, 0.29) is 5.91 Å². The highest BCUT2D eigenvalue weighted by Gasteiger charge is 2.24. The zero-order valence-corrected chi connectivity index (χ0v) is 11.9. The maximum Gasteiger partial charge on any atom is 0.255 e. The minimum atomic E-state index is -0.415. The van der Waals surface area contributed by atoms with Crippen LogP contribution in [-0.2, 0) is 0 Å². The fourth-order valence-electron chi connectivity index (χ4n) is 1.61. The first kappa shape index (κ1) is 15.3. The van der Waals surface area contributed by atoms with Gasteiger partial charge in [0.05, 0.1) is 19.8 Å². The third-order valence-corrected chi connectivity index (χ3v) is 3.30. The lowest BCUT2D eigenvalue weighted by Crippen LogP contribution is -2.50. The summed E-state index contributed by atoms with van der Waals surface area (Å²) in [5.41, 5.74) is 5.75. The van der Waals surface area contributed by atoms with Crippen LogP contribution in [0.1, 0.15) is 30.6 Å². The second-order valence-corrected chi connectivity index (χ2v) is 4.64. The Morgan fingerprint density at radius 2 is 2.05 bits per heavy atom. The van der Waals surface area contributed by atoms with Gasteiger partial charge < -0.3 is 20.5 Å². The molecule has 5 nitrogen and oxygen atoms in total. The van der Waals surface area contributed by atoms with Crippen LogP contribution in [0, 0.1) is 0 Å². The van der Waals surface area contributed by atoms with Gasteiger partial charge in [0.15, 0.2) is 0 Å². The topological polar surface area (TPSA) is 73.6 Å². The average molecular weight is 266 g/mol. The first-order chi connectivity index (χ1) is 8.99. The van der Waals surface area contributed by atoms with Crippen molar-refractivity contribution >= 4 is 5.91 Å². The number of hydrogen-bond donors (Lipinski definition) is 2. The van der Waals surface area contributed by atoms with Gasteiger partial charge in [0.2, 0.25) is 0 Å². The number of amides is 1. The zero-order valence-electron chi connectivity index (χ0n) is 11.9. The van der Waals surface area contributed by atoms with E-state index in [9.17, 15) is 4.79 Å². The Hall–Kier alpha value is -1.75. The first-order valence-corrected chi connectivity index (χ1v) is 6.24. The number of nitrogens with one attached hydrogen (secondary N) is 1. The van der Waals surface area contributed by atoms with Crippen LogP contribution < -0.4 is 20.5 Å². The summed E-state index contributed by atoms with van der Waals surface area (Å²) in [6.45, 7) is 4.28. The van der Waals surface area contributed by atoms with Gasteiger partial charge in [0.25, 0.3) is 5.91 Å². The summed E-state index contributed by atoms with van der Waals surface area (Å²) in [5.74, 6) is 0.923. The molecular formula is C14H22N2O3. The van der Waals surface area contributed by atoms with E-state index in [4.69, 9.17) is 15.2 Å². The number of rotatable bonds is 6. The maximum absolute atomic E-state index is 12.3. The quantitative estimate of drug-likeness (QED) is 0.819. The lowest BCUT2D eigenvalue weighted by atomic mass is 9.98. The SMILES string of the molecule is CCC(C)(CN)NC(=O)c1ccc(OC)cc1OC. The Balaban J connectivity index is 2.99. The van der Waals surface area contributed by atoms with E-state index in [1.54, 1.807) is 25.3 Å². The molecule has 1 aromatic carbocycles. The van der Waals surface area contributed by atoms with Crippen molar-refractivity contribution in [2.75, 3.05) is 20.8 Å². The van der Waals surface area contributed by atoms with Crippen LogP contribution >= 0.6 is 0 Å². The molecule has 1 amide bonds. The van der Waals surface area contributed by atoms with Gasteiger partial charge in [-0.3, -0.25) is 4.79 Å². The molecule has 0 heterocycles. The van der Waals surface area contributed by atoms with E-state index in [1.807, 2.05) is 13.8 Å². The molecule has 1 aromatic rings. The van der Waals surface area contributed by atoms with Crippen molar-refractivity contribution in [3.05, 3.63) is 23.8 Å². The monoisotopic (exact) mass is 266 g/mol. The minimum Gasteiger partial charge on any atom is -0.497 e. The maximum atomic E-state index is 12.3. The third-order valence-electron chi connectivity index (χ3n) is 3.30. The van der Waals surface area contributed by atoms with Crippen molar-refractivity contribution in [2.24, 2.45) is 5.73 Å². The largest absolute Gasteiger partial charge is 0.497 e. The highest BCUT2D eigenvalue weighted by atomic mass is 16.5. The third kappa shape index (κ3) is 3.61. The second-order valence-electron chi connectivity index (χ2n) is 4.64. The minimum absolute atomic E-state index is 0.200. The van der Waals surface area contributed by atoms with Gasteiger partial charge in [0, 0.05) is 18.2 Å². The summed E-state index contributed by atoms with van der Waals surface area (Å²) in [7, 11) is 3.09. The Kier molecular flexibility index (Phi) is 5.18. The zero-order chi connectivity index (χ0) is 14.5. The van der Waals surface area contributed by atoms with Crippen LogP contribution in [-0.4, -0.2) is 32.2 Å². The molecule has 1 atom stereocenters. The molecule has 0 bridgehead atoms. The van der Waals surface area contributed by atoms with Crippen LogP contribution in [0.4, 0.5) is 0 Å². The number of methoxy groups -OCH3 is 2. The number of hydrogen-bond acceptors (Lipinski definition) is 4. The van der Waals surface area contributed by atoms with Gasteiger partial charge >= 0.3 is 0 Å². The van der Waals surface area contributed by atoms with E-state index >= 15 is 0 Å². The van der Waals surface area contributed by atoms with Gasteiger partial charge in [-0.2, -0.15) is 0 Å². The summed E-state index contributed by atoms with van der Waals surface area (Å²) >= 11 is 0. The highest BCUT2D eigenvalue weighted by Crippen LogP contribution is 2.25. The molecule has 3 N–H and O–H groups in total. The molecular weight excluding hydrogens is 244 g/mol. The summed E-state index contributed by atoms with van der Waals surface area (Å²) in [6, 6.07) is 5.09. The predicted octanol–water partition coefficient (Wildman–Crippen LogP) is 1.56. The van der Waals surface area contributed by atoms with Gasteiger partial charge in [-0.05, 0) is 25.5 Å². The second kappa shape index (κ2) is 6.43. The van der Waals surface area contributed by atoms with Crippen LogP contribution in [0.25, 0.3) is 0 Å². The van der Waals surface area contributed by atoms with E-state index in [0.29, 0.717) is 23.6 Å². The Morgan fingerprint density at radius 1 is 1.37 bits per heavy atom. The number of benzene rings is 1. The van der Waals surface area contributed by atoms with Gasteiger partial charge in [-0.25, -0.2) is 0 Å². The standard InChI is InChI=1S/C14H22N2O3/c1-5-14(2,9-15)16-13(17)11-7-6-10(18-3)8-12(11)19-4/h6-8H,5,9,15H2,1-4H3,(H,16,17). The predicted molar refractivity (Wildman–Crippen MR) is 74.8 cm³/mol. The molecule has 0 aliphatic heterocycles. The van der Waals surface area contributed by atoms with Crippen LogP contribution in [0.15, 0.2) is 18.2 Å². The lowest BCUT2D eigenvalue weighted by molar-refractivity contribution is 0.0903. The highest BCUT2D eigenvalue weighted by molar-refractivity contribution is 5.97. The van der Waals surface area contributed by atoms with E-state index in [1.165, 1.54) is 7.11 Å². The lowest BCUT2D eigenvalue weighted by Gasteiger charge is -2.28. The van der Waals surface area contributed by atoms with Crippen molar-refractivity contribution in [3.63, 3.8) is 0 Å². The van der Waals surface area contributed by atoms with E-state index < -0.39 is 5.54 Å². The fraction of sp³-hybridized carbons (Fsp3) is 0.500. The van der Waals surface area contributed by atoms with Crippen molar-refractivity contribution in [2.45, 2.75) is 25.8 Å². The molecule has 0 fully saturated rings. The van der Waals surface area contributed by atoms with Crippen LogP contribution in [0.2, 0.25) is 0 Å². The molecule has 1 unspecified atom stereocenters. The number of carbonyl (C=O) groups excluding carboxylic acids is 1. The smallest absolute Gasteiger partial charge is 0.255 e. The van der Waals surface area contributed by atoms with Crippen molar-refractivity contribution in [1.82, 2.24) is 5.32 Å². The van der Waals surface area contributed by atoms with Gasteiger partial charge in [0.1, 0.15) is 11.5 Å². The first-order valence-electron chi connectivity index (χ1n) is 6.24. The van der Waals surface area contributed by atoms with Crippen molar-refractivity contribution in [1.29, 1.82) is 0 Å². The number of nitrogens with two attached hydrogens (primary N) is 1. The van der Waals surface area contributed by atoms with Gasteiger partial charge in [-0.15, -0.1) is 0 Å². The molecule has 1 rings (SSSR count). The molecule has 0 saturated heterocycles.